The third-order valence-electron chi connectivity index (χ3n) is 7.55. The Labute approximate surface area is 221 Å². The molecule has 1 heterocycles. The van der Waals surface area contributed by atoms with E-state index in [0.29, 0.717) is 23.4 Å². The lowest BCUT2D eigenvalue weighted by Gasteiger charge is -2.31. The van der Waals surface area contributed by atoms with Gasteiger partial charge in [-0.2, -0.15) is 13.2 Å². The van der Waals surface area contributed by atoms with Crippen LogP contribution < -0.4 is 10.0 Å². The van der Waals surface area contributed by atoms with Crippen molar-refractivity contribution in [2.75, 3.05) is 11.3 Å². The maximum atomic E-state index is 13.2. The van der Waals surface area contributed by atoms with Gasteiger partial charge in [0.1, 0.15) is 0 Å². The number of hydrogen-bond acceptors (Lipinski definition) is 5. The Morgan fingerprint density at radius 1 is 1.11 bits per heavy atom. The smallest absolute Gasteiger partial charge is 0.391 e. The molecular weight excluding hydrogens is 519 g/mol. The van der Waals surface area contributed by atoms with Gasteiger partial charge in [-0.15, -0.1) is 0 Å². The first-order chi connectivity index (χ1) is 18.0. The average Bonchev–Trinajstić information content (AvgIpc) is 2.90. The normalized spacial score (nSPS) is 18.5. The molecule has 1 aliphatic carbocycles. The van der Waals surface area contributed by atoms with E-state index < -0.39 is 28.2 Å². The highest BCUT2D eigenvalue weighted by Crippen LogP contribution is 2.29. The van der Waals surface area contributed by atoms with E-state index in [1.54, 1.807) is 12.1 Å². The van der Waals surface area contributed by atoms with E-state index in [9.17, 15) is 31.5 Å². The van der Waals surface area contributed by atoms with E-state index in [4.69, 9.17) is 0 Å². The van der Waals surface area contributed by atoms with Crippen LogP contribution in [0.15, 0.2) is 47.4 Å². The van der Waals surface area contributed by atoms with Crippen LogP contribution in [0.4, 0.5) is 18.9 Å². The second-order valence-electron chi connectivity index (χ2n) is 10.2. The molecule has 2 aliphatic rings. The number of carbonyl (C=O) groups excluding carboxylic acids is 1. The summed E-state index contributed by atoms with van der Waals surface area (Å²) in [5, 5.41) is 14.1. The molecule has 0 radical (unpaired) electrons. The molecule has 1 amide bonds. The fourth-order valence-corrected chi connectivity index (χ4v) is 6.45. The molecule has 11 heteroatoms. The third kappa shape index (κ3) is 6.68. The number of anilines is 1. The summed E-state index contributed by atoms with van der Waals surface area (Å²) in [4.78, 5) is 12.3. The monoisotopic (exact) mass is 553 g/mol. The Hall–Kier alpha value is -2.63. The van der Waals surface area contributed by atoms with Crippen molar-refractivity contribution in [2.45, 2.75) is 81.8 Å². The van der Waals surface area contributed by atoms with Crippen LogP contribution in [0.25, 0.3) is 0 Å². The largest absolute Gasteiger partial charge is 0.471 e. The number of nitrogens with one attached hydrogen (secondary N) is 2. The summed E-state index contributed by atoms with van der Waals surface area (Å²) in [5.41, 5.74) is 2.21. The topological polar surface area (TPSA) is 98.7 Å². The van der Waals surface area contributed by atoms with Gasteiger partial charge < -0.3 is 15.3 Å². The zero-order valence-corrected chi connectivity index (χ0v) is 22.1. The number of carbonyl (C=O) groups is 1. The molecule has 4 rings (SSSR count). The fraction of sp³-hybridized carbons (Fsp3) is 0.519. The first-order valence-electron chi connectivity index (χ1n) is 13.0. The molecule has 0 unspecified atom stereocenters. The number of hydrogen-bond donors (Lipinski definition) is 3. The van der Waals surface area contributed by atoms with E-state index in [0.717, 1.165) is 36.1 Å². The molecule has 2 atom stereocenters. The van der Waals surface area contributed by atoms with Crippen LogP contribution in [0.5, 0.6) is 0 Å². The predicted molar refractivity (Wildman–Crippen MR) is 138 cm³/mol. The van der Waals surface area contributed by atoms with Crippen molar-refractivity contribution in [2.24, 2.45) is 5.92 Å². The van der Waals surface area contributed by atoms with Crippen molar-refractivity contribution < 1.29 is 31.5 Å². The molecule has 38 heavy (non-hydrogen) atoms. The number of halogens is 3. The Balaban J connectivity index is 1.43. The number of fused-ring (bicyclic) bond motifs is 1. The van der Waals surface area contributed by atoms with Crippen LogP contribution >= 0.6 is 0 Å². The summed E-state index contributed by atoms with van der Waals surface area (Å²) in [7, 11) is -3.98. The van der Waals surface area contributed by atoms with E-state index in [-0.39, 0.29) is 36.4 Å². The number of amides is 1. The molecule has 3 N–H and O–H groups in total. The Bertz CT molecular complexity index is 1250. The van der Waals surface area contributed by atoms with Crippen LogP contribution in [-0.2, 0) is 34.3 Å². The molecule has 0 aromatic heterocycles. The van der Waals surface area contributed by atoms with Gasteiger partial charge in [0, 0.05) is 25.7 Å². The van der Waals surface area contributed by atoms with Crippen LogP contribution in [0.2, 0.25) is 0 Å². The zero-order chi connectivity index (χ0) is 27.5. The minimum Gasteiger partial charge on any atom is -0.391 e. The van der Waals surface area contributed by atoms with Crippen molar-refractivity contribution in [3.8, 4) is 0 Å². The standard InChI is InChI=1S/C27H34F3N3O4S/c1-18(25(34)19-7-3-2-4-8-19)31-16-21-9-5-6-10-24(21)32-38(36,37)23-12-11-22-17-33(14-13-20(22)15-23)26(35)27(28,29)30/h5-6,9-12,15,18-19,25,31-32,34H,2-4,7-8,13-14,16-17H2,1H3/t18-,25+/m0/s1. The Morgan fingerprint density at radius 3 is 2.53 bits per heavy atom. The van der Waals surface area contributed by atoms with Gasteiger partial charge in [0.15, 0.2) is 0 Å². The van der Waals surface area contributed by atoms with Gasteiger partial charge in [-0.3, -0.25) is 9.52 Å². The summed E-state index contributed by atoms with van der Waals surface area (Å²) in [6.45, 7) is 1.93. The summed E-state index contributed by atoms with van der Waals surface area (Å²) < 4.78 is 67.4. The summed E-state index contributed by atoms with van der Waals surface area (Å²) >= 11 is 0. The zero-order valence-electron chi connectivity index (χ0n) is 21.3. The van der Waals surface area contributed by atoms with E-state index in [2.05, 4.69) is 10.0 Å². The Kier molecular flexibility index (Phi) is 8.68. The minimum atomic E-state index is -4.95. The van der Waals surface area contributed by atoms with E-state index in [1.807, 2.05) is 19.1 Å². The van der Waals surface area contributed by atoms with Gasteiger partial charge in [0.05, 0.1) is 16.7 Å². The van der Waals surface area contributed by atoms with E-state index >= 15 is 0 Å². The molecule has 1 aliphatic heterocycles. The summed E-state index contributed by atoms with van der Waals surface area (Å²) in [6, 6.07) is 11.1. The maximum Gasteiger partial charge on any atom is 0.471 e. The third-order valence-corrected chi connectivity index (χ3v) is 8.91. The predicted octanol–water partition coefficient (Wildman–Crippen LogP) is 4.35. The first kappa shape index (κ1) is 28.4. The highest BCUT2D eigenvalue weighted by Gasteiger charge is 2.43. The van der Waals surface area contributed by atoms with Gasteiger partial charge in [0.2, 0.25) is 0 Å². The summed E-state index contributed by atoms with van der Waals surface area (Å²) in [6.07, 6.45) is 0.205. The number of benzene rings is 2. The molecule has 0 bridgehead atoms. The summed E-state index contributed by atoms with van der Waals surface area (Å²) in [5.74, 6) is -1.63. The molecule has 7 nitrogen and oxygen atoms in total. The van der Waals surface area contributed by atoms with Gasteiger partial charge >= 0.3 is 12.1 Å². The van der Waals surface area contributed by atoms with E-state index in [1.165, 1.54) is 24.6 Å². The lowest BCUT2D eigenvalue weighted by Crippen LogP contribution is -2.43. The van der Waals surface area contributed by atoms with Gasteiger partial charge in [-0.1, -0.05) is 43.5 Å². The molecule has 2 aromatic rings. The fourth-order valence-electron chi connectivity index (χ4n) is 5.30. The molecule has 1 saturated carbocycles. The average molecular weight is 554 g/mol. The van der Waals surface area contributed by atoms with Gasteiger partial charge in [-0.05, 0) is 67.0 Å². The lowest BCUT2D eigenvalue weighted by molar-refractivity contribution is -0.186. The first-order valence-corrected chi connectivity index (χ1v) is 14.4. The van der Waals surface area contributed by atoms with Crippen molar-refractivity contribution in [3.05, 3.63) is 59.2 Å². The minimum absolute atomic E-state index is 0.00398. The molecular formula is C27H34F3N3O4S. The van der Waals surface area contributed by atoms with Crippen molar-refractivity contribution in [1.82, 2.24) is 10.2 Å². The number of aliphatic hydroxyl groups excluding tert-OH is 1. The second-order valence-corrected chi connectivity index (χ2v) is 11.9. The van der Waals surface area contributed by atoms with Crippen LogP contribution in [0.1, 0.15) is 55.7 Å². The molecule has 0 saturated heterocycles. The second kappa shape index (κ2) is 11.6. The quantitative estimate of drug-likeness (QED) is 0.452. The molecule has 0 spiro atoms. The molecule has 208 valence electrons. The lowest BCUT2D eigenvalue weighted by atomic mass is 9.83. The van der Waals surface area contributed by atoms with Crippen LogP contribution in [0.3, 0.4) is 0 Å². The highest BCUT2D eigenvalue weighted by molar-refractivity contribution is 7.92. The molecule has 2 aromatic carbocycles. The van der Waals surface area contributed by atoms with Gasteiger partial charge in [0.25, 0.3) is 10.0 Å². The van der Waals surface area contributed by atoms with Crippen molar-refractivity contribution >= 4 is 21.6 Å². The van der Waals surface area contributed by atoms with Crippen molar-refractivity contribution in [1.29, 1.82) is 0 Å². The number of nitrogens with zero attached hydrogens (tertiary/aromatic N) is 1. The highest BCUT2D eigenvalue weighted by atomic mass is 32.2. The van der Waals surface area contributed by atoms with Crippen molar-refractivity contribution in [3.63, 3.8) is 0 Å². The SMILES string of the molecule is C[C@H](NCc1ccccc1NS(=O)(=O)c1ccc2c(c1)CCN(C(=O)C(F)(F)F)C2)[C@@H](O)C1CCCCC1. The number of rotatable bonds is 8. The van der Waals surface area contributed by atoms with Gasteiger partial charge in [-0.25, -0.2) is 8.42 Å². The maximum absolute atomic E-state index is 13.2. The van der Waals surface area contributed by atoms with Crippen LogP contribution in [-0.4, -0.2) is 49.2 Å². The van der Waals surface area contributed by atoms with Crippen LogP contribution in [0, 0.1) is 5.92 Å². The Morgan fingerprint density at radius 2 is 1.82 bits per heavy atom. The number of aliphatic hydroxyl groups is 1. The molecule has 1 fully saturated rings. The number of para-hydroxylation sites is 1. The number of sulfonamides is 1. The number of alkyl halides is 3.